The average Bonchev–Trinajstić information content (AvgIpc) is 2.65. The number of rotatable bonds is 4. The van der Waals surface area contributed by atoms with Gasteiger partial charge >= 0.3 is 0 Å². The lowest BCUT2D eigenvalue weighted by atomic mass is 10.1. The first-order chi connectivity index (χ1) is 8.33. The molecular weight excluding hydrogens is 214 g/mol. The van der Waals surface area contributed by atoms with Crippen LogP contribution in [0.25, 0.3) is 0 Å². The quantitative estimate of drug-likeness (QED) is 0.816. The second-order valence-corrected chi connectivity index (χ2v) is 4.91. The molecule has 1 atom stereocenters. The molecule has 2 rings (SSSR count). The smallest absolute Gasteiger partial charge is 0.168 e. The van der Waals surface area contributed by atoms with Crippen molar-refractivity contribution in [2.45, 2.75) is 64.5 Å². The molecule has 5 nitrogen and oxygen atoms in total. The Morgan fingerprint density at radius 2 is 2.00 bits per heavy atom. The summed E-state index contributed by atoms with van der Waals surface area (Å²) in [5, 5.41) is 15.6. The maximum absolute atomic E-state index is 4.20. The van der Waals surface area contributed by atoms with E-state index >= 15 is 0 Å². The van der Waals surface area contributed by atoms with Gasteiger partial charge < -0.3 is 5.32 Å². The van der Waals surface area contributed by atoms with E-state index in [1.54, 1.807) is 0 Å². The summed E-state index contributed by atoms with van der Waals surface area (Å²) in [4.78, 5) is 0. The third-order valence-electron chi connectivity index (χ3n) is 3.59. The fourth-order valence-electron chi connectivity index (χ4n) is 2.65. The largest absolute Gasteiger partial charge is 0.308 e. The van der Waals surface area contributed by atoms with Crippen molar-refractivity contribution in [3.05, 3.63) is 5.82 Å². The van der Waals surface area contributed by atoms with Gasteiger partial charge in [-0.1, -0.05) is 32.6 Å². The van der Waals surface area contributed by atoms with E-state index in [4.69, 9.17) is 0 Å². The highest BCUT2D eigenvalue weighted by Crippen LogP contribution is 2.27. The van der Waals surface area contributed by atoms with Crippen LogP contribution in [0.4, 0.5) is 0 Å². The van der Waals surface area contributed by atoms with Crippen LogP contribution in [0.15, 0.2) is 0 Å². The van der Waals surface area contributed by atoms with Crippen molar-refractivity contribution in [1.82, 2.24) is 25.5 Å². The topological polar surface area (TPSA) is 55.6 Å². The molecule has 0 bridgehead atoms. The van der Waals surface area contributed by atoms with Crippen LogP contribution in [0.5, 0.6) is 0 Å². The predicted molar refractivity (Wildman–Crippen MR) is 66.6 cm³/mol. The summed E-state index contributed by atoms with van der Waals surface area (Å²) >= 11 is 0. The second kappa shape index (κ2) is 6.10. The Bertz CT molecular complexity index is 327. The molecule has 0 aliphatic heterocycles. The van der Waals surface area contributed by atoms with Gasteiger partial charge in [0.25, 0.3) is 0 Å². The Morgan fingerprint density at radius 1 is 1.29 bits per heavy atom. The first kappa shape index (κ1) is 12.5. The molecule has 1 aliphatic rings. The van der Waals surface area contributed by atoms with Crippen molar-refractivity contribution in [3.63, 3.8) is 0 Å². The standard InChI is InChI=1S/C12H23N5/c1-3-13-10(2)12-14-15-16-17(12)11-8-6-4-5-7-9-11/h10-11,13H,3-9H2,1-2H3. The number of nitrogens with zero attached hydrogens (tertiary/aromatic N) is 4. The van der Waals surface area contributed by atoms with Crippen molar-refractivity contribution in [2.24, 2.45) is 0 Å². The van der Waals surface area contributed by atoms with Crippen molar-refractivity contribution >= 4 is 0 Å². The minimum absolute atomic E-state index is 0.234. The minimum Gasteiger partial charge on any atom is -0.308 e. The van der Waals surface area contributed by atoms with E-state index in [0.717, 1.165) is 12.4 Å². The third-order valence-corrected chi connectivity index (χ3v) is 3.59. The summed E-state index contributed by atoms with van der Waals surface area (Å²) in [5.41, 5.74) is 0. The lowest BCUT2D eigenvalue weighted by Gasteiger charge is -2.18. The number of aromatic nitrogens is 4. The molecule has 1 N–H and O–H groups in total. The van der Waals surface area contributed by atoms with E-state index in [1.807, 2.05) is 0 Å². The lowest BCUT2D eigenvalue weighted by Crippen LogP contribution is -2.24. The van der Waals surface area contributed by atoms with Gasteiger partial charge in [-0.25, -0.2) is 4.68 Å². The summed E-state index contributed by atoms with van der Waals surface area (Å²) < 4.78 is 2.05. The summed E-state index contributed by atoms with van der Waals surface area (Å²) in [6, 6.07) is 0.738. The molecule has 1 aromatic rings. The zero-order valence-corrected chi connectivity index (χ0v) is 10.9. The molecule has 1 aromatic heterocycles. The first-order valence-electron chi connectivity index (χ1n) is 6.84. The maximum atomic E-state index is 4.20. The zero-order chi connectivity index (χ0) is 12.1. The highest BCUT2D eigenvalue weighted by molar-refractivity contribution is 4.92. The molecule has 0 aromatic carbocycles. The van der Waals surface area contributed by atoms with Crippen LogP contribution in [-0.2, 0) is 0 Å². The number of nitrogens with one attached hydrogen (secondary N) is 1. The molecule has 1 aliphatic carbocycles. The van der Waals surface area contributed by atoms with Gasteiger partial charge in [-0.05, 0) is 36.7 Å². The van der Waals surface area contributed by atoms with Crippen LogP contribution in [0, 0.1) is 0 Å². The van der Waals surface area contributed by atoms with E-state index in [1.165, 1.54) is 38.5 Å². The Balaban J connectivity index is 2.11. The van der Waals surface area contributed by atoms with E-state index in [2.05, 4.69) is 39.4 Å². The van der Waals surface area contributed by atoms with Crippen LogP contribution in [0.2, 0.25) is 0 Å². The molecule has 1 unspecified atom stereocenters. The van der Waals surface area contributed by atoms with Gasteiger partial charge in [0.1, 0.15) is 0 Å². The van der Waals surface area contributed by atoms with Crippen molar-refractivity contribution < 1.29 is 0 Å². The Morgan fingerprint density at radius 3 is 2.65 bits per heavy atom. The molecule has 1 heterocycles. The summed E-state index contributed by atoms with van der Waals surface area (Å²) in [6.45, 7) is 5.18. The Labute approximate surface area is 103 Å². The van der Waals surface area contributed by atoms with Crippen LogP contribution < -0.4 is 5.32 Å². The monoisotopic (exact) mass is 237 g/mol. The van der Waals surface area contributed by atoms with Gasteiger partial charge in [0.15, 0.2) is 5.82 Å². The summed E-state index contributed by atoms with van der Waals surface area (Å²) in [6.07, 6.45) is 7.76. The highest BCUT2D eigenvalue weighted by atomic mass is 15.6. The molecule has 0 amide bonds. The van der Waals surface area contributed by atoms with Gasteiger partial charge in [-0.3, -0.25) is 0 Å². The fraction of sp³-hybridized carbons (Fsp3) is 0.917. The lowest BCUT2D eigenvalue weighted by molar-refractivity contribution is 0.369. The molecular formula is C12H23N5. The first-order valence-corrected chi connectivity index (χ1v) is 6.84. The molecule has 5 heteroatoms. The minimum atomic E-state index is 0.234. The normalized spacial score (nSPS) is 20.1. The second-order valence-electron chi connectivity index (χ2n) is 4.91. The number of tetrazole rings is 1. The number of hydrogen-bond donors (Lipinski definition) is 1. The summed E-state index contributed by atoms with van der Waals surface area (Å²) in [5.74, 6) is 0.985. The van der Waals surface area contributed by atoms with Gasteiger partial charge in [-0.2, -0.15) is 0 Å². The molecule has 0 spiro atoms. The van der Waals surface area contributed by atoms with E-state index in [-0.39, 0.29) is 6.04 Å². The molecule has 0 saturated heterocycles. The van der Waals surface area contributed by atoms with Gasteiger partial charge in [0.2, 0.25) is 0 Å². The van der Waals surface area contributed by atoms with Crippen LogP contribution >= 0.6 is 0 Å². The van der Waals surface area contributed by atoms with Crippen LogP contribution in [-0.4, -0.2) is 26.8 Å². The fourth-order valence-corrected chi connectivity index (χ4v) is 2.65. The molecule has 0 radical (unpaired) electrons. The van der Waals surface area contributed by atoms with Crippen molar-refractivity contribution in [1.29, 1.82) is 0 Å². The molecule has 17 heavy (non-hydrogen) atoms. The van der Waals surface area contributed by atoms with Gasteiger partial charge in [-0.15, -0.1) is 5.10 Å². The number of hydrogen-bond acceptors (Lipinski definition) is 4. The predicted octanol–water partition coefficient (Wildman–Crippen LogP) is 2.24. The molecule has 1 saturated carbocycles. The Hall–Kier alpha value is -0.970. The van der Waals surface area contributed by atoms with Crippen molar-refractivity contribution in [3.8, 4) is 0 Å². The van der Waals surface area contributed by atoms with E-state index in [0.29, 0.717) is 6.04 Å². The highest BCUT2D eigenvalue weighted by Gasteiger charge is 2.21. The van der Waals surface area contributed by atoms with Crippen molar-refractivity contribution in [2.75, 3.05) is 6.54 Å². The molecule has 96 valence electrons. The third kappa shape index (κ3) is 3.03. The maximum Gasteiger partial charge on any atom is 0.168 e. The SMILES string of the molecule is CCNC(C)c1nnnn1C1CCCCCC1. The van der Waals surface area contributed by atoms with Gasteiger partial charge in [0.05, 0.1) is 12.1 Å². The molecule has 1 fully saturated rings. The zero-order valence-electron chi connectivity index (χ0n) is 10.9. The van der Waals surface area contributed by atoms with Crippen LogP contribution in [0.3, 0.4) is 0 Å². The van der Waals surface area contributed by atoms with Gasteiger partial charge in [0, 0.05) is 0 Å². The van der Waals surface area contributed by atoms with Crippen LogP contribution in [0.1, 0.15) is 70.3 Å². The van der Waals surface area contributed by atoms with E-state index < -0.39 is 0 Å². The summed E-state index contributed by atoms with van der Waals surface area (Å²) in [7, 11) is 0. The Kier molecular flexibility index (Phi) is 4.48. The average molecular weight is 237 g/mol. The van der Waals surface area contributed by atoms with E-state index in [9.17, 15) is 0 Å².